The van der Waals surface area contributed by atoms with Crippen LogP contribution in [0.25, 0.3) is 0 Å². The van der Waals surface area contributed by atoms with Crippen molar-refractivity contribution < 1.29 is 4.79 Å². The first-order valence-electron chi connectivity index (χ1n) is 7.36. The molecule has 0 saturated carbocycles. The number of hydrogen-bond acceptors (Lipinski definition) is 2. The molecule has 116 valence electrons. The molecule has 0 spiro atoms. The highest BCUT2D eigenvalue weighted by atomic mass is 35.5. The number of anilines is 1. The van der Waals surface area contributed by atoms with Gasteiger partial charge in [-0.05, 0) is 43.7 Å². The van der Waals surface area contributed by atoms with Gasteiger partial charge >= 0.3 is 6.03 Å². The first kappa shape index (κ1) is 16.3. The van der Waals surface area contributed by atoms with E-state index in [1.54, 1.807) is 34.3 Å². The van der Waals surface area contributed by atoms with Crippen LogP contribution < -0.4 is 4.90 Å². The van der Waals surface area contributed by atoms with E-state index in [1.807, 2.05) is 38.1 Å². The second kappa shape index (κ2) is 7.80. The van der Waals surface area contributed by atoms with E-state index in [4.69, 9.17) is 11.6 Å². The predicted molar refractivity (Wildman–Crippen MR) is 90.2 cm³/mol. The average molecular weight is 318 g/mol. The Morgan fingerprint density at radius 1 is 1.18 bits per heavy atom. The highest BCUT2D eigenvalue weighted by Gasteiger charge is 2.21. The van der Waals surface area contributed by atoms with Crippen LogP contribution in [-0.2, 0) is 6.54 Å². The molecule has 0 aliphatic rings. The Morgan fingerprint density at radius 3 is 2.55 bits per heavy atom. The minimum absolute atomic E-state index is 0.0314. The topological polar surface area (TPSA) is 36.4 Å². The van der Waals surface area contributed by atoms with Gasteiger partial charge in [0.1, 0.15) is 0 Å². The summed E-state index contributed by atoms with van der Waals surface area (Å²) >= 11 is 6.08. The summed E-state index contributed by atoms with van der Waals surface area (Å²) in [5.41, 5.74) is 1.76. The van der Waals surface area contributed by atoms with Crippen molar-refractivity contribution in [2.75, 3.05) is 18.0 Å². The number of amides is 2. The van der Waals surface area contributed by atoms with Crippen LogP contribution in [0.2, 0.25) is 5.02 Å². The predicted octanol–water partition coefficient (Wildman–Crippen LogP) is 4.20. The van der Waals surface area contributed by atoms with Crippen LogP contribution in [0.1, 0.15) is 19.4 Å². The van der Waals surface area contributed by atoms with Crippen LogP contribution in [0.4, 0.5) is 10.5 Å². The number of carbonyl (C=O) groups is 1. The summed E-state index contributed by atoms with van der Waals surface area (Å²) in [6.45, 7) is 5.74. The lowest BCUT2D eigenvalue weighted by Crippen LogP contribution is -2.42. The third-order valence-electron chi connectivity index (χ3n) is 3.45. The molecule has 0 radical (unpaired) electrons. The van der Waals surface area contributed by atoms with E-state index in [9.17, 15) is 4.79 Å². The molecule has 0 bridgehead atoms. The van der Waals surface area contributed by atoms with Gasteiger partial charge in [-0.15, -0.1) is 0 Å². The number of aromatic nitrogens is 1. The minimum Gasteiger partial charge on any atom is -0.325 e. The number of carbonyl (C=O) groups excluding carboxylic acids is 1. The van der Waals surface area contributed by atoms with Crippen LogP contribution in [0.3, 0.4) is 0 Å². The number of halogens is 1. The second-order valence-corrected chi connectivity index (χ2v) is 5.32. The fourth-order valence-electron chi connectivity index (χ4n) is 2.25. The van der Waals surface area contributed by atoms with Crippen LogP contribution in [0, 0.1) is 0 Å². The van der Waals surface area contributed by atoms with E-state index in [1.165, 1.54) is 0 Å². The maximum atomic E-state index is 12.8. The van der Waals surface area contributed by atoms with Gasteiger partial charge in [0.25, 0.3) is 0 Å². The lowest BCUT2D eigenvalue weighted by atomic mass is 10.2. The molecule has 0 saturated heterocycles. The Kier molecular flexibility index (Phi) is 5.78. The van der Waals surface area contributed by atoms with E-state index in [-0.39, 0.29) is 6.03 Å². The minimum atomic E-state index is -0.0314. The Morgan fingerprint density at radius 2 is 1.95 bits per heavy atom. The molecular formula is C17H20ClN3O. The zero-order chi connectivity index (χ0) is 15.9. The lowest BCUT2D eigenvalue weighted by Gasteiger charge is -2.29. The second-order valence-electron chi connectivity index (χ2n) is 4.88. The monoisotopic (exact) mass is 317 g/mol. The molecule has 2 aromatic rings. The standard InChI is InChI=1S/C17H20ClN3O/c1-3-20(4-2)17(22)21(13-14-7-6-10-19-12-14)16-9-5-8-15(18)11-16/h5-12H,3-4,13H2,1-2H3. The molecular weight excluding hydrogens is 298 g/mol. The molecule has 5 heteroatoms. The normalized spacial score (nSPS) is 10.3. The van der Waals surface area contributed by atoms with Crippen molar-refractivity contribution in [2.45, 2.75) is 20.4 Å². The smallest absolute Gasteiger partial charge is 0.324 e. The summed E-state index contributed by atoms with van der Waals surface area (Å²) in [4.78, 5) is 20.4. The van der Waals surface area contributed by atoms with Gasteiger partial charge in [0, 0.05) is 36.2 Å². The van der Waals surface area contributed by atoms with Crippen molar-refractivity contribution in [2.24, 2.45) is 0 Å². The lowest BCUT2D eigenvalue weighted by molar-refractivity contribution is 0.209. The van der Waals surface area contributed by atoms with Gasteiger partial charge in [-0.2, -0.15) is 0 Å². The Labute approximate surface area is 136 Å². The number of hydrogen-bond donors (Lipinski definition) is 0. The van der Waals surface area contributed by atoms with E-state index in [2.05, 4.69) is 4.98 Å². The molecule has 0 unspecified atom stereocenters. The van der Waals surface area contributed by atoms with Crippen LogP contribution >= 0.6 is 11.6 Å². The first-order chi connectivity index (χ1) is 10.7. The zero-order valence-corrected chi connectivity index (χ0v) is 13.6. The summed E-state index contributed by atoms with van der Waals surface area (Å²) in [5.74, 6) is 0. The Hall–Kier alpha value is -2.07. The molecule has 22 heavy (non-hydrogen) atoms. The summed E-state index contributed by atoms with van der Waals surface area (Å²) < 4.78 is 0. The number of pyridine rings is 1. The number of urea groups is 1. The number of nitrogens with zero attached hydrogens (tertiary/aromatic N) is 3. The summed E-state index contributed by atoms with van der Waals surface area (Å²) in [5, 5.41) is 0.612. The number of rotatable bonds is 5. The van der Waals surface area contributed by atoms with Crippen molar-refractivity contribution in [3.63, 3.8) is 0 Å². The summed E-state index contributed by atoms with van der Waals surface area (Å²) in [7, 11) is 0. The van der Waals surface area contributed by atoms with Crippen LogP contribution in [0.15, 0.2) is 48.8 Å². The molecule has 1 aromatic carbocycles. The summed E-state index contributed by atoms with van der Waals surface area (Å²) in [6, 6.07) is 11.1. The van der Waals surface area contributed by atoms with Crippen molar-refractivity contribution in [3.05, 3.63) is 59.4 Å². The van der Waals surface area contributed by atoms with Gasteiger partial charge in [-0.1, -0.05) is 23.7 Å². The largest absolute Gasteiger partial charge is 0.325 e. The van der Waals surface area contributed by atoms with Gasteiger partial charge in [-0.25, -0.2) is 4.79 Å². The number of benzene rings is 1. The van der Waals surface area contributed by atoms with Crippen molar-refractivity contribution in [1.82, 2.24) is 9.88 Å². The van der Waals surface area contributed by atoms with Gasteiger partial charge < -0.3 is 4.90 Å². The first-order valence-corrected chi connectivity index (χ1v) is 7.74. The third kappa shape index (κ3) is 3.98. The van der Waals surface area contributed by atoms with Crippen molar-refractivity contribution in [3.8, 4) is 0 Å². The quantitative estimate of drug-likeness (QED) is 0.828. The highest BCUT2D eigenvalue weighted by molar-refractivity contribution is 6.30. The molecule has 1 aromatic heterocycles. The molecule has 1 heterocycles. The third-order valence-corrected chi connectivity index (χ3v) is 3.68. The van der Waals surface area contributed by atoms with Gasteiger partial charge in [0.2, 0.25) is 0 Å². The van der Waals surface area contributed by atoms with E-state index in [0.717, 1.165) is 11.3 Å². The van der Waals surface area contributed by atoms with E-state index in [0.29, 0.717) is 24.7 Å². The van der Waals surface area contributed by atoms with Gasteiger partial charge in [-0.3, -0.25) is 9.88 Å². The zero-order valence-electron chi connectivity index (χ0n) is 12.9. The molecule has 2 rings (SSSR count). The molecule has 0 aliphatic heterocycles. The molecule has 0 fully saturated rings. The van der Waals surface area contributed by atoms with E-state index >= 15 is 0 Å². The van der Waals surface area contributed by atoms with Gasteiger partial charge in [0.05, 0.1) is 6.54 Å². The molecule has 4 nitrogen and oxygen atoms in total. The maximum Gasteiger partial charge on any atom is 0.324 e. The maximum absolute atomic E-state index is 12.8. The average Bonchev–Trinajstić information content (AvgIpc) is 2.54. The fraction of sp³-hybridized carbons (Fsp3) is 0.294. The molecule has 2 amide bonds. The fourth-order valence-corrected chi connectivity index (χ4v) is 2.44. The van der Waals surface area contributed by atoms with Crippen molar-refractivity contribution in [1.29, 1.82) is 0 Å². The van der Waals surface area contributed by atoms with Gasteiger partial charge in [0.15, 0.2) is 0 Å². The highest BCUT2D eigenvalue weighted by Crippen LogP contribution is 2.22. The molecule has 0 atom stereocenters. The van der Waals surface area contributed by atoms with Crippen molar-refractivity contribution >= 4 is 23.3 Å². The molecule has 0 aliphatic carbocycles. The Balaban J connectivity index is 2.34. The SMILES string of the molecule is CCN(CC)C(=O)N(Cc1cccnc1)c1cccc(Cl)c1. The van der Waals surface area contributed by atoms with E-state index < -0.39 is 0 Å². The molecule has 0 N–H and O–H groups in total. The van der Waals surface area contributed by atoms with Crippen LogP contribution in [0.5, 0.6) is 0 Å². The van der Waals surface area contributed by atoms with Crippen LogP contribution in [-0.4, -0.2) is 29.0 Å². The summed E-state index contributed by atoms with van der Waals surface area (Å²) in [6.07, 6.45) is 3.49. The Bertz CT molecular complexity index is 614.